The molecule has 0 aliphatic carbocycles. The standard InChI is InChI=1S/C18H19N3O5/c1-10-12-9-14(26-3)13(25-2)8-11(12)4-7-21(10)17(22)15-16(18(23)24)20-6-5-19-15/h5-6,8-10H,4,7H2,1-3H3,(H,23,24)/t10-/m0/s1. The van der Waals surface area contributed by atoms with Gasteiger partial charge < -0.3 is 19.5 Å². The van der Waals surface area contributed by atoms with Gasteiger partial charge in [0, 0.05) is 18.9 Å². The van der Waals surface area contributed by atoms with E-state index in [-0.39, 0.29) is 17.4 Å². The maximum absolute atomic E-state index is 12.9. The van der Waals surface area contributed by atoms with Crippen LogP contribution >= 0.6 is 0 Å². The Hall–Kier alpha value is -3.16. The summed E-state index contributed by atoms with van der Waals surface area (Å²) in [6.07, 6.45) is 3.19. The number of carbonyl (C=O) groups excluding carboxylic acids is 1. The number of hydrogen-bond acceptors (Lipinski definition) is 6. The lowest BCUT2D eigenvalue weighted by atomic mass is 9.92. The Morgan fingerprint density at radius 3 is 2.35 bits per heavy atom. The highest BCUT2D eigenvalue weighted by atomic mass is 16.5. The molecule has 1 amide bonds. The van der Waals surface area contributed by atoms with Crippen molar-refractivity contribution >= 4 is 11.9 Å². The van der Waals surface area contributed by atoms with Crippen molar-refractivity contribution < 1.29 is 24.2 Å². The van der Waals surface area contributed by atoms with E-state index in [1.165, 1.54) is 12.4 Å². The van der Waals surface area contributed by atoms with Crippen molar-refractivity contribution in [3.63, 3.8) is 0 Å². The van der Waals surface area contributed by atoms with Gasteiger partial charge in [-0.15, -0.1) is 0 Å². The van der Waals surface area contributed by atoms with Crippen LogP contribution < -0.4 is 9.47 Å². The molecule has 8 heteroatoms. The van der Waals surface area contributed by atoms with E-state index in [1.807, 2.05) is 19.1 Å². The van der Waals surface area contributed by atoms with Crippen LogP contribution in [0.1, 0.15) is 45.1 Å². The molecule has 136 valence electrons. The number of fused-ring (bicyclic) bond motifs is 1. The van der Waals surface area contributed by atoms with E-state index in [0.717, 1.165) is 11.1 Å². The van der Waals surface area contributed by atoms with Gasteiger partial charge in [-0.05, 0) is 36.6 Å². The van der Waals surface area contributed by atoms with Gasteiger partial charge >= 0.3 is 5.97 Å². The number of hydrogen-bond donors (Lipinski definition) is 1. The average Bonchev–Trinajstić information content (AvgIpc) is 2.66. The number of rotatable bonds is 4. The van der Waals surface area contributed by atoms with Gasteiger partial charge in [0.15, 0.2) is 22.9 Å². The Morgan fingerprint density at radius 2 is 1.73 bits per heavy atom. The van der Waals surface area contributed by atoms with Gasteiger partial charge in [0.05, 0.1) is 20.3 Å². The first-order chi connectivity index (χ1) is 12.5. The summed E-state index contributed by atoms with van der Waals surface area (Å²) in [7, 11) is 3.13. The first-order valence-corrected chi connectivity index (χ1v) is 8.08. The van der Waals surface area contributed by atoms with E-state index >= 15 is 0 Å². The van der Waals surface area contributed by atoms with Gasteiger partial charge in [-0.2, -0.15) is 0 Å². The van der Waals surface area contributed by atoms with Crippen molar-refractivity contribution in [3.05, 3.63) is 47.0 Å². The van der Waals surface area contributed by atoms with Crippen LogP contribution in [0, 0.1) is 0 Å². The second kappa shape index (κ2) is 6.99. The van der Waals surface area contributed by atoms with Crippen molar-refractivity contribution in [2.24, 2.45) is 0 Å². The number of methoxy groups -OCH3 is 2. The quantitative estimate of drug-likeness (QED) is 0.892. The zero-order valence-electron chi connectivity index (χ0n) is 14.7. The predicted molar refractivity (Wildman–Crippen MR) is 91.7 cm³/mol. The van der Waals surface area contributed by atoms with Crippen LogP contribution in [0.15, 0.2) is 24.5 Å². The molecule has 2 aromatic rings. The fourth-order valence-electron chi connectivity index (χ4n) is 3.21. The van der Waals surface area contributed by atoms with Crippen LogP contribution in [-0.2, 0) is 6.42 Å². The Balaban J connectivity index is 1.98. The molecule has 0 spiro atoms. The number of ether oxygens (including phenoxy) is 2. The lowest BCUT2D eigenvalue weighted by Gasteiger charge is -2.35. The molecule has 1 aromatic heterocycles. The van der Waals surface area contributed by atoms with Gasteiger partial charge in [0.25, 0.3) is 5.91 Å². The first-order valence-electron chi connectivity index (χ1n) is 8.08. The van der Waals surface area contributed by atoms with Gasteiger partial charge in [-0.3, -0.25) is 4.79 Å². The molecule has 3 rings (SSSR count). The van der Waals surface area contributed by atoms with Gasteiger partial charge in [0.1, 0.15) is 0 Å². The van der Waals surface area contributed by atoms with Gasteiger partial charge in [-0.1, -0.05) is 0 Å². The minimum atomic E-state index is -1.28. The van der Waals surface area contributed by atoms with Crippen molar-refractivity contribution in [2.45, 2.75) is 19.4 Å². The van der Waals surface area contributed by atoms with Crippen molar-refractivity contribution in [1.82, 2.24) is 14.9 Å². The molecule has 26 heavy (non-hydrogen) atoms. The van der Waals surface area contributed by atoms with Crippen LogP contribution in [0.2, 0.25) is 0 Å². The number of aromatic nitrogens is 2. The summed E-state index contributed by atoms with van der Waals surface area (Å²) < 4.78 is 10.7. The Bertz CT molecular complexity index is 868. The molecule has 0 saturated carbocycles. The highest BCUT2D eigenvalue weighted by Gasteiger charge is 2.32. The molecule has 8 nitrogen and oxygen atoms in total. The lowest BCUT2D eigenvalue weighted by molar-refractivity contribution is 0.0633. The molecule has 0 unspecified atom stereocenters. The molecule has 1 aliphatic heterocycles. The summed E-state index contributed by atoms with van der Waals surface area (Å²) in [5.74, 6) is -0.514. The van der Waals surface area contributed by atoms with Crippen molar-refractivity contribution in [1.29, 1.82) is 0 Å². The summed E-state index contributed by atoms with van der Waals surface area (Å²) >= 11 is 0. The summed E-state index contributed by atoms with van der Waals surface area (Å²) in [5, 5.41) is 9.26. The molecule has 1 atom stereocenters. The maximum Gasteiger partial charge on any atom is 0.356 e. The summed E-state index contributed by atoms with van der Waals surface area (Å²) in [6, 6.07) is 3.50. The van der Waals surface area contributed by atoms with E-state index in [0.29, 0.717) is 24.5 Å². The summed E-state index contributed by atoms with van der Waals surface area (Å²) in [6.45, 7) is 2.33. The SMILES string of the molecule is COc1cc2c(cc1OC)[C@H](C)N(C(=O)c1nccnc1C(=O)O)CC2. The molecule has 0 fully saturated rings. The van der Waals surface area contributed by atoms with Crippen LogP contribution in [0.25, 0.3) is 0 Å². The van der Waals surface area contributed by atoms with Gasteiger partial charge in [0.2, 0.25) is 0 Å². The van der Waals surface area contributed by atoms with Crippen LogP contribution in [0.3, 0.4) is 0 Å². The van der Waals surface area contributed by atoms with Crippen LogP contribution in [-0.4, -0.2) is 52.6 Å². The third-order valence-corrected chi connectivity index (χ3v) is 4.55. The van der Waals surface area contributed by atoms with E-state index < -0.39 is 11.9 Å². The third kappa shape index (κ3) is 2.94. The minimum absolute atomic E-state index is 0.157. The topological polar surface area (TPSA) is 102 Å². The van der Waals surface area contributed by atoms with E-state index in [4.69, 9.17) is 9.47 Å². The lowest BCUT2D eigenvalue weighted by Crippen LogP contribution is -2.40. The second-order valence-electron chi connectivity index (χ2n) is 5.89. The molecule has 1 aliphatic rings. The fourth-order valence-corrected chi connectivity index (χ4v) is 3.21. The number of carbonyl (C=O) groups is 2. The zero-order valence-corrected chi connectivity index (χ0v) is 14.7. The number of carboxylic acid groups (broad SMARTS) is 1. The van der Waals surface area contributed by atoms with Crippen molar-refractivity contribution in [3.8, 4) is 11.5 Å². The Kier molecular flexibility index (Phi) is 4.75. The molecular formula is C18H19N3O5. The third-order valence-electron chi connectivity index (χ3n) is 4.55. The smallest absolute Gasteiger partial charge is 0.356 e. The minimum Gasteiger partial charge on any atom is -0.493 e. The predicted octanol–water partition coefficient (Wildman–Crippen LogP) is 1.95. The van der Waals surface area contributed by atoms with Gasteiger partial charge in [-0.25, -0.2) is 14.8 Å². The largest absolute Gasteiger partial charge is 0.493 e. The molecule has 0 radical (unpaired) electrons. The maximum atomic E-state index is 12.9. The summed E-state index contributed by atoms with van der Waals surface area (Å²) in [5.41, 5.74) is 1.50. The zero-order chi connectivity index (χ0) is 18.8. The Morgan fingerprint density at radius 1 is 1.12 bits per heavy atom. The molecule has 2 heterocycles. The monoisotopic (exact) mass is 357 g/mol. The molecule has 0 bridgehead atoms. The highest BCUT2D eigenvalue weighted by molar-refractivity contribution is 6.02. The highest BCUT2D eigenvalue weighted by Crippen LogP contribution is 2.38. The summed E-state index contributed by atoms with van der Waals surface area (Å²) in [4.78, 5) is 33.6. The number of aromatic carboxylic acids is 1. The number of carboxylic acids is 1. The van der Waals surface area contributed by atoms with Crippen molar-refractivity contribution in [2.75, 3.05) is 20.8 Å². The van der Waals surface area contributed by atoms with E-state index in [1.54, 1.807) is 19.1 Å². The molecular weight excluding hydrogens is 338 g/mol. The molecule has 0 saturated heterocycles. The van der Waals surface area contributed by atoms with E-state index in [2.05, 4.69) is 9.97 Å². The van der Waals surface area contributed by atoms with Crippen LogP contribution in [0.4, 0.5) is 0 Å². The average molecular weight is 357 g/mol. The number of amides is 1. The van der Waals surface area contributed by atoms with Crippen LogP contribution in [0.5, 0.6) is 11.5 Å². The molecule has 1 aromatic carbocycles. The molecule has 1 N–H and O–H groups in total. The normalized spacial score (nSPS) is 16.0. The van der Waals surface area contributed by atoms with E-state index in [9.17, 15) is 14.7 Å². The number of benzene rings is 1. The Labute approximate surface area is 150 Å². The fraction of sp³-hybridized carbons (Fsp3) is 0.333. The first kappa shape index (κ1) is 17.7. The number of nitrogens with zero attached hydrogens (tertiary/aromatic N) is 3. The second-order valence-corrected chi connectivity index (χ2v) is 5.89.